The summed E-state index contributed by atoms with van der Waals surface area (Å²) in [5, 5.41) is 9.43. The molecule has 2 heteroatoms. The Bertz CT molecular complexity index is 282. The third-order valence-electron chi connectivity index (χ3n) is 2.76. The van der Waals surface area contributed by atoms with Crippen molar-refractivity contribution >= 4 is 0 Å². The van der Waals surface area contributed by atoms with E-state index >= 15 is 0 Å². The van der Waals surface area contributed by atoms with Crippen molar-refractivity contribution in [1.29, 1.82) is 0 Å². The van der Waals surface area contributed by atoms with Crippen LogP contribution in [0.4, 0.5) is 0 Å². The lowest BCUT2D eigenvalue weighted by molar-refractivity contribution is 0.108. The second-order valence-electron chi connectivity index (χ2n) is 4.67. The van der Waals surface area contributed by atoms with Crippen molar-refractivity contribution in [3.63, 3.8) is 0 Å². The Hall–Kier alpha value is -0.860. The predicted octanol–water partition coefficient (Wildman–Crippen LogP) is 2.32. The first-order valence-electron chi connectivity index (χ1n) is 6.05. The van der Waals surface area contributed by atoms with Gasteiger partial charge in [-0.2, -0.15) is 0 Å². The Balaban J connectivity index is 2.44. The minimum absolute atomic E-state index is 0.252. The Labute approximate surface area is 98.9 Å². The Morgan fingerprint density at radius 3 is 2.25 bits per heavy atom. The van der Waals surface area contributed by atoms with Gasteiger partial charge in [-0.25, -0.2) is 0 Å². The third kappa shape index (κ3) is 4.77. The highest BCUT2D eigenvalue weighted by Crippen LogP contribution is 2.05. The second-order valence-corrected chi connectivity index (χ2v) is 4.67. The average molecular weight is 221 g/mol. The first-order valence-corrected chi connectivity index (χ1v) is 6.05. The van der Waals surface area contributed by atoms with E-state index in [1.807, 2.05) is 13.0 Å². The second kappa shape index (κ2) is 6.66. The zero-order valence-corrected chi connectivity index (χ0v) is 10.6. The standard InChI is InChI=1S/C14H23NO/c1-12(2)15(11-13(3)16)10-9-14-7-5-4-6-8-14/h4-8,12-13,16H,9-11H2,1-3H3. The van der Waals surface area contributed by atoms with E-state index in [9.17, 15) is 5.11 Å². The first-order chi connectivity index (χ1) is 7.59. The highest BCUT2D eigenvalue weighted by Gasteiger charge is 2.11. The maximum absolute atomic E-state index is 9.43. The van der Waals surface area contributed by atoms with Crippen LogP contribution in [0.2, 0.25) is 0 Å². The van der Waals surface area contributed by atoms with Crippen molar-refractivity contribution in [3.05, 3.63) is 35.9 Å². The molecule has 0 amide bonds. The average Bonchev–Trinajstić information content (AvgIpc) is 2.25. The summed E-state index contributed by atoms with van der Waals surface area (Å²) >= 11 is 0. The van der Waals surface area contributed by atoms with E-state index in [-0.39, 0.29) is 6.10 Å². The molecule has 1 rings (SSSR count). The van der Waals surface area contributed by atoms with Gasteiger partial charge in [-0.05, 0) is 32.8 Å². The van der Waals surface area contributed by atoms with Crippen molar-refractivity contribution in [2.45, 2.75) is 39.3 Å². The van der Waals surface area contributed by atoms with E-state index in [4.69, 9.17) is 0 Å². The van der Waals surface area contributed by atoms with Crippen molar-refractivity contribution in [3.8, 4) is 0 Å². The van der Waals surface area contributed by atoms with Gasteiger partial charge in [0.05, 0.1) is 6.10 Å². The topological polar surface area (TPSA) is 23.5 Å². The Morgan fingerprint density at radius 1 is 1.12 bits per heavy atom. The smallest absolute Gasteiger partial charge is 0.0639 e. The SMILES string of the molecule is CC(O)CN(CCc1ccccc1)C(C)C. The molecule has 0 bridgehead atoms. The number of nitrogens with zero attached hydrogens (tertiary/aromatic N) is 1. The Kier molecular flexibility index (Phi) is 5.50. The van der Waals surface area contributed by atoms with Crippen LogP contribution in [-0.4, -0.2) is 35.2 Å². The van der Waals surface area contributed by atoms with Gasteiger partial charge in [-0.3, -0.25) is 4.90 Å². The Morgan fingerprint density at radius 2 is 1.75 bits per heavy atom. The van der Waals surface area contributed by atoms with Crippen LogP contribution in [0.25, 0.3) is 0 Å². The molecule has 1 unspecified atom stereocenters. The molecule has 0 saturated carbocycles. The fourth-order valence-electron chi connectivity index (χ4n) is 1.82. The van der Waals surface area contributed by atoms with E-state index < -0.39 is 0 Å². The molecular weight excluding hydrogens is 198 g/mol. The van der Waals surface area contributed by atoms with Crippen LogP contribution in [0.1, 0.15) is 26.3 Å². The lowest BCUT2D eigenvalue weighted by atomic mass is 10.1. The number of aliphatic hydroxyl groups excluding tert-OH is 1. The normalized spacial score (nSPS) is 13.4. The molecular formula is C14H23NO. The number of hydrogen-bond donors (Lipinski definition) is 1. The molecule has 0 aromatic heterocycles. The monoisotopic (exact) mass is 221 g/mol. The molecule has 0 aliphatic heterocycles. The van der Waals surface area contributed by atoms with Gasteiger partial charge >= 0.3 is 0 Å². The molecule has 1 atom stereocenters. The number of rotatable bonds is 6. The summed E-state index contributed by atoms with van der Waals surface area (Å²) in [7, 11) is 0. The molecule has 1 aromatic carbocycles. The van der Waals surface area contributed by atoms with Gasteiger partial charge in [0.25, 0.3) is 0 Å². The van der Waals surface area contributed by atoms with Gasteiger partial charge in [-0.15, -0.1) is 0 Å². The summed E-state index contributed by atoms with van der Waals surface area (Å²) < 4.78 is 0. The molecule has 0 heterocycles. The molecule has 0 radical (unpaired) electrons. The van der Waals surface area contributed by atoms with Crippen LogP contribution < -0.4 is 0 Å². The van der Waals surface area contributed by atoms with Crippen LogP contribution in [0.15, 0.2) is 30.3 Å². The maximum atomic E-state index is 9.43. The number of hydrogen-bond acceptors (Lipinski definition) is 2. The first kappa shape index (κ1) is 13.2. The number of aliphatic hydroxyl groups is 1. The quantitative estimate of drug-likeness (QED) is 0.797. The van der Waals surface area contributed by atoms with Crippen LogP contribution in [0.3, 0.4) is 0 Å². The fourth-order valence-corrected chi connectivity index (χ4v) is 1.82. The van der Waals surface area contributed by atoms with Crippen LogP contribution in [0, 0.1) is 0 Å². The van der Waals surface area contributed by atoms with Gasteiger partial charge in [0.15, 0.2) is 0 Å². The minimum atomic E-state index is -0.252. The third-order valence-corrected chi connectivity index (χ3v) is 2.76. The highest BCUT2D eigenvalue weighted by atomic mass is 16.3. The van der Waals surface area contributed by atoms with Crippen molar-refractivity contribution in [1.82, 2.24) is 4.90 Å². The molecule has 0 spiro atoms. The summed E-state index contributed by atoms with van der Waals surface area (Å²) in [6.07, 6.45) is 0.796. The van der Waals surface area contributed by atoms with Crippen molar-refractivity contribution in [2.24, 2.45) is 0 Å². The zero-order chi connectivity index (χ0) is 12.0. The van der Waals surface area contributed by atoms with Crippen LogP contribution in [-0.2, 0) is 6.42 Å². The largest absolute Gasteiger partial charge is 0.392 e. The lowest BCUT2D eigenvalue weighted by Gasteiger charge is -2.27. The summed E-state index contributed by atoms with van der Waals surface area (Å²) in [6.45, 7) is 7.95. The maximum Gasteiger partial charge on any atom is 0.0639 e. The summed E-state index contributed by atoms with van der Waals surface area (Å²) in [5.74, 6) is 0. The van der Waals surface area contributed by atoms with Gasteiger partial charge in [0.1, 0.15) is 0 Å². The molecule has 2 nitrogen and oxygen atoms in total. The van der Waals surface area contributed by atoms with Gasteiger partial charge < -0.3 is 5.11 Å². The molecule has 1 N–H and O–H groups in total. The lowest BCUT2D eigenvalue weighted by Crippen LogP contribution is -2.38. The van der Waals surface area contributed by atoms with E-state index in [1.54, 1.807) is 0 Å². The van der Waals surface area contributed by atoms with Crippen molar-refractivity contribution < 1.29 is 5.11 Å². The fraction of sp³-hybridized carbons (Fsp3) is 0.571. The van der Waals surface area contributed by atoms with E-state index in [0.29, 0.717) is 6.04 Å². The van der Waals surface area contributed by atoms with Gasteiger partial charge in [0.2, 0.25) is 0 Å². The molecule has 0 aliphatic rings. The number of benzene rings is 1. The minimum Gasteiger partial charge on any atom is -0.392 e. The summed E-state index contributed by atoms with van der Waals surface area (Å²) in [6, 6.07) is 11.0. The molecule has 0 fully saturated rings. The van der Waals surface area contributed by atoms with E-state index in [2.05, 4.69) is 43.0 Å². The molecule has 16 heavy (non-hydrogen) atoms. The van der Waals surface area contributed by atoms with Crippen LogP contribution >= 0.6 is 0 Å². The van der Waals surface area contributed by atoms with Crippen molar-refractivity contribution in [2.75, 3.05) is 13.1 Å². The van der Waals surface area contributed by atoms with E-state index in [1.165, 1.54) is 5.56 Å². The molecule has 90 valence electrons. The predicted molar refractivity (Wildman–Crippen MR) is 68.5 cm³/mol. The molecule has 0 saturated heterocycles. The summed E-state index contributed by atoms with van der Waals surface area (Å²) in [5.41, 5.74) is 1.36. The van der Waals surface area contributed by atoms with Crippen LogP contribution in [0.5, 0.6) is 0 Å². The van der Waals surface area contributed by atoms with E-state index in [0.717, 1.165) is 19.5 Å². The zero-order valence-electron chi connectivity index (χ0n) is 10.6. The molecule has 1 aromatic rings. The molecule has 0 aliphatic carbocycles. The van der Waals surface area contributed by atoms with Gasteiger partial charge in [0, 0.05) is 19.1 Å². The van der Waals surface area contributed by atoms with Gasteiger partial charge in [-0.1, -0.05) is 30.3 Å². The highest BCUT2D eigenvalue weighted by molar-refractivity contribution is 5.14. The summed E-state index contributed by atoms with van der Waals surface area (Å²) in [4.78, 5) is 2.32.